The molecule has 14 heteroatoms. The molecule has 0 radical (unpaired) electrons. The van der Waals surface area contributed by atoms with Gasteiger partial charge in [-0.3, -0.25) is 19.2 Å². The Morgan fingerprint density at radius 2 is 1.29 bits per heavy atom. The van der Waals surface area contributed by atoms with Crippen molar-refractivity contribution in [3.63, 3.8) is 0 Å². The summed E-state index contributed by atoms with van der Waals surface area (Å²) in [6, 6.07) is 10.5. The number of nitrogens with one attached hydrogen (secondary N) is 4. The molecule has 2 aromatic carbocycles. The highest BCUT2D eigenvalue weighted by Crippen LogP contribution is 2.31. The van der Waals surface area contributed by atoms with Gasteiger partial charge in [-0.1, -0.05) is 55.3 Å². The van der Waals surface area contributed by atoms with Crippen LogP contribution in [0.3, 0.4) is 0 Å². The van der Waals surface area contributed by atoms with E-state index in [1.165, 1.54) is 12.1 Å². The van der Waals surface area contributed by atoms with E-state index in [0.717, 1.165) is 5.56 Å². The van der Waals surface area contributed by atoms with Gasteiger partial charge in [0.15, 0.2) is 0 Å². The smallest absolute Gasteiger partial charge is 0.327 e. The fourth-order valence-corrected chi connectivity index (χ4v) is 5.98. The molecule has 1 fully saturated rings. The number of benzene rings is 2. The minimum atomic E-state index is -1.41. The van der Waals surface area contributed by atoms with Crippen LogP contribution in [-0.4, -0.2) is 79.0 Å². The van der Waals surface area contributed by atoms with Crippen LogP contribution in [0.15, 0.2) is 54.6 Å². The summed E-state index contributed by atoms with van der Waals surface area (Å²) >= 11 is 8.92. The number of aromatic hydroxyl groups is 1. The van der Waals surface area contributed by atoms with Gasteiger partial charge in [-0.05, 0) is 70.2 Å². The molecule has 4 amide bonds. The number of carboxylic acids is 1. The number of carbonyl (C=O) groups is 5. The van der Waals surface area contributed by atoms with E-state index in [2.05, 4.69) is 46.5 Å². The number of hydrogen-bond acceptors (Lipinski definition) is 9. The van der Waals surface area contributed by atoms with Gasteiger partial charge in [-0.2, -0.15) is 25.3 Å². The van der Waals surface area contributed by atoms with E-state index in [1.807, 2.05) is 6.07 Å². The number of thiol groups is 2. The Balaban J connectivity index is 1.82. The zero-order valence-electron chi connectivity index (χ0n) is 27.7. The van der Waals surface area contributed by atoms with Crippen molar-refractivity contribution in [1.82, 2.24) is 21.3 Å². The van der Waals surface area contributed by atoms with E-state index in [1.54, 1.807) is 64.1 Å². The third-order valence-electron chi connectivity index (χ3n) is 8.38. The van der Waals surface area contributed by atoms with Gasteiger partial charge in [0.1, 0.15) is 29.4 Å². The van der Waals surface area contributed by atoms with Gasteiger partial charge >= 0.3 is 5.97 Å². The molecule has 8 N–H and O–H groups in total. The van der Waals surface area contributed by atoms with Gasteiger partial charge in [-0.25, -0.2) is 4.79 Å². The normalized spacial score (nSPS) is 16.9. The average Bonchev–Trinajstić information content (AvgIpc) is 3.47. The van der Waals surface area contributed by atoms with Crippen molar-refractivity contribution in [2.75, 3.05) is 0 Å². The number of phenolic OH excluding ortho intramolecular Hbond substituents is 1. The van der Waals surface area contributed by atoms with Gasteiger partial charge < -0.3 is 37.2 Å². The molecule has 0 heterocycles. The first-order chi connectivity index (χ1) is 22.3. The minimum absolute atomic E-state index is 0.0586. The second-order valence-electron chi connectivity index (χ2n) is 13.5. The van der Waals surface area contributed by atoms with E-state index in [9.17, 15) is 34.2 Å². The van der Waals surface area contributed by atoms with Gasteiger partial charge in [0, 0.05) is 15.9 Å². The minimum Gasteiger partial charge on any atom is -0.508 e. The number of hydrogen-bond donors (Lipinski definition) is 9. The van der Waals surface area contributed by atoms with Crippen molar-refractivity contribution in [3.8, 4) is 5.75 Å². The van der Waals surface area contributed by atoms with Crippen LogP contribution in [0.4, 0.5) is 0 Å². The SMILES string of the molecule is CC(C)(S)[C@@H](NC(=O)[C@H](Cc1ccccc1)NC(=O)C1(NC(=O)[C@H](NC(=O)[C@@H](N)Cc2ccc(O)cc2)C(C)(C)S)CCCC1)C(=O)O. The van der Waals surface area contributed by atoms with Crippen LogP contribution in [-0.2, 0) is 36.8 Å². The standard InChI is InChI=1S/C34H47N5O7S2/c1-32(2,47)25(37-27(41)23(35)18-21-12-14-22(40)15-13-21)29(43)39-34(16-8-9-17-34)31(46)36-24(19-20-10-6-5-7-11-20)28(42)38-26(30(44)45)33(3,4)48/h5-7,10-15,23-26,40,47-48H,8-9,16-19,35H2,1-4H3,(H,36,46)(H,37,41)(H,38,42)(H,39,43)(H,44,45)/t23-,24-,25-,26-/m0/s1. The molecule has 0 aromatic heterocycles. The van der Waals surface area contributed by atoms with Gasteiger partial charge in [-0.15, -0.1) is 0 Å². The van der Waals surface area contributed by atoms with Gasteiger partial charge in [0.05, 0.1) is 6.04 Å². The van der Waals surface area contributed by atoms with Gasteiger partial charge in [0.25, 0.3) is 0 Å². The lowest BCUT2D eigenvalue weighted by atomic mass is 9.92. The highest BCUT2D eigenvalue weighted by Gasteiger charge is 2.47. The molecule has 4 atom stereocenters. The van der Waals surface area contributed by atoms with E-state index in [-0.39, 0.29) is 31.4 Å². The molecule has 12 nitrogen and oxygen atoms in total. The van der Waals surface area contributed by atoms with Crippen LogP contribution in [0.25, 0.3) is 0 Å². The Morgan fingerprint density at radius 3 is 1.81 bits per heavy atom. The number of carbonyl (C=O) groups excluding carboxylic acids is 4. The van der Waals surface area contributed by atoms with Crippen LogP contribution in [0.5, 0.6) is 5.75 Å². The van der Waals surface area contributed by atoms with Crippen LogP contribution < -0.4 is 27.0 Å². The van der Waals surface area contributed by atoms with E-state index >= 15 is 0 Å². The van der Waals surface area contributed by atoms with E-state index in [4.69, 9.17) is 5.73 Å². The molecule has 262 valence electrons. The summed E-state index contributed by atoms with van der Waals surface area (Å²) in [7, 11) is 0. The number of phenols is 1. The van der Waals surface area contributed by atoms with Crippen LogP contribution >= 0.6 is 25.3 Å². The first-order valence-electron chi connectivity index (χ1n) is 15.8. The Bertz CT molecular complexity index is 1450. The molecule has 48 heavy (non-hydrogen) atoms. The van der Waals surface area contributed by atoms with Crippen LogP contribution in [0.1, 0.15) is 64.5 Å². The maximum atomic E-state index is 14.1. The Morgan fingerprint density at radius 1 is 0.771 bits per heavy atom. The summed E-state index contributed by atoms with van der Waals surface area (Å²) in [5.74, 6) is -3.77. The molecule has 1 aliphatic carbocycles. The Hall–Kier alpha value is -3.75. The molecule has 2 aromatic rings. The molecule has 0 spiro atoms. The zero-order valence-corrected chi connectivity index (χ0v) is 29.4. The molecule has 0 saturated heterocycles. The fourth-order valence-electron chi connectivity index (χ4n) is 5.63. The van der Waals surface area contributed by atoms with Crippen LogP contribution in [0, 0.1) is 0 Å². The lowest BCUT2D eigenvalue weighted by Crippen LogP contribution is -2.66. The number of rotatable bonds is 15. The monoisotopic (exact) mass is 701 g/mol. The predicted molar refractivity (Wildman–Crippen MR) is 189 cm³/mol. The summed E-state index contributed by atoms with van der Waals surface area (Å²) in [6.45, 7) is 6.41. The highest BCUT2D eigenvalue weighted by molar-refractivity contribution is 7.82. The molecule has 3 rings (SSSR count). The third kappa shape index (κ3) is 10.6. The molecule has 0 aliphatic heterocycles. The maximum Gasteiger partial charge on any atom is 0.327 e. The quantitative estimate of drug-likeness (QED) is 0.125. The summed E-state index contributed by atoms with van der Waals surface area (Å²) in [5.41, 5.74) is 6.20. The molecular formula is C34H47N5O7S2. The number of amides is 4. The number of carboxylic acid groups (broad SMARTS) is 1. The molecular weight excluding hydrogens is 655 g/mol. The summed E-state index contributed by atoms with van der Waals surface area (Å²) in [5, 5.41) is 30.2. The van der Waals surface area contributed by atoms with Gasteiger partial charge in [0.2, 0.25) is 23.6 Å². The number of nitrogens with two attached hydrogens (primary N) is 1. The highest BCUT2D eigenvalue weighted by atomic mass is 32.1. The first kappa shape index (κ1) is 38.7. The van der Waals surface area contributed by atoms with E-state index < -0.39 is 68.8 Å². The lowest BCUT2D eigenvalue weighted by molar-refractivity contribution is -0.143. The topological polar surface area (TPSA) is 200 Å². The second kappa shape index (κ2) is 16.1. The molecule has 1 saturated carbocycles. The lowest BCUT2D eigenvalue weighted by Gasteiger charge is -2.36. The number of aliphatic carboxylic acids is 1. The largest absolute Gasteiger partial charge is 0.508 e. The molecule has 1 aliphatic rings. The third-order valence-corrected chi connectivity index (χ3v) is 8.90. The second-order valence-corrected chi connectivity index (χ2v) is 15.8. The van der Waals surface area contributed by atoms with Crippen molar-refractivity contribution in [3.05, 3.63) is 65.7 Å². The van der Waals surface area contributed by atoms with Crippen molar-refractivity contribution < 1.29 is 34.2 Å². The first-order valence-corrected chi connectivity index (χ1v) is 16.7. The fraction of sp³-hybridized carbons (Fsp3) is 0.500. The average molecular weight is 702 g/mol. The maximum absolute atomic E-state index is 14.1. The summed E-state index contributed by atoms with van der Waals surface area (Å²) in [6.07, 6.45) is 2.01. The Kier molecular flexibility index (Phi) is 13.0. The zero-order chi connectivity index (χ0) is 35.9. The van der Waals surface area contributed by atoms with Crippen molar-refractivity contribution >= 4 is 54.9 Å². The predicted octanol–water partition coefficient (Wildman–Crippen LogP) is 1.89. The van der Waals surface area contributed by atoms with Crippen molar-refractivity contribution in [2.45, 2.75) is 105 Å². The Labute approximate surface area is 292 Å². The van der Waals surface area contributed by atoms with Crippen molar-refractivity contribution in [2.24, 2.45) is 5.73 Å². The van der Waals surface area contributed by atoms with E-state index in [0.29, 0.717) is 18.4 Å². The van der Waals surface area contributed by atoms with Crippen LogP contribution in [0.2, 0.25) is 0 Å². The summed E-state index contributed by atoms with van der Waals surface area (Å²) in [4.78, 5) is 66.7. The summed E-state index contributed by atoms with van der Waals surface area (Å²) < 4.78 is -2.19. The molecule has 0 unspecified atom stereocenters. The van der Waals surface area contributed by atoms with Crippen molar-refractivity contribution in [1.29, 1.82) is 0 Å². The molecule has 0 bridgehead atoms.